The summed E-state index contributed by atoms with van der Waals surface area (Å²) in [5.41, 5.74) is 2.67. The molecule has 1 heterocycles. The van der Waals surface area contributed by atoms with Crippen LogP contribution in [0.25, 0.3) is 0 Å². The van der Waals surface area contributed by atoms with Gasteiger partial charge in [0.15, 0.2) is 0 Å². The van der Waals surface area contributed by atoms with Crippen molar-refractivity contribution in [3.05, 3.63) is 35.4 Å². The second-order valence-corrected chi connectivity index (χ2v) is 10.6. The molecule has 1 N–H and O–H groups in total. The maximum Gasteiger partial charge on any atom is 0.242 e. The molecular formula is C25H30N4O2. The van der Waals surface area contributed by atoms with Crippen molar-refractivity contribution in [3.8, 4) is 6.07 Å². The molecule has 1 saturated heterocycles. The van der Waals surface area contributed by atoms with E-state index in [9.17, 15) is 9.59 Å². The van der Waals surface area contributed by atoms with Crippen LogP contribution in [0.1, 0.15) is 43.2 Å². The number of hydrogen-bond donors (Lipinski definition) is 1. The molecule has 1 aliphatic heterocycles. The lowest BCUT2D eigenvalue weighted by Crippen LogP contribution is -2.85. The number of nitrogens with one attached hydrogen (secondary N) is 1. The number of carbonyl (C=O) groups excluding carboxylic acids is 2. The van der Waals surface area contributed by atoms with Gasteiger partial charge in [0.1, 0.15) is 0 Å². The zero-order valence-corrected chi connectivity index (χ0v) is 18.0. The normalized spacial score (nSPS) is 37.0. The Labute approximate surface area is 183 Å². The minimum Gasteiger partial charge on any atom is -0.347 e. The van der Waals surface area contributed by atoms with Crippen molar-refractivity contribution in [1.29, 1.82) is 5.26 Å². The average Bonchev–Trinajstić information content (AvgIpc) is 2.73. The summed E-state index contributed by atoms with van der Waals surface area (Å²) in [6.07, 6.45) is 5.96. The van der Waals surface area contributed by atoms with Gasteiger partial charge in [-0.05, 0) is 72.0 Å². The zero-order valence-electron chi connectivity index (χ0n) is 18.0. The minimum absolute atomic E-state index is 0.0262. The molecule has 2 unspecified atom stereocenters. The molecule has 1 aromatic carbocycles. The van der Waals surface area contributed by atoms with E-state index >= 15 is 0 Å². The van der Waals surface area contributed by atoms with Crippen molar-refractivity contribution in [2.24, 2.45) is 28.6 Å². The summed E-state index contributed by atoms with van der Waals surface area (Å²) >= 11 is 0. The van der Waals surface area contributed by atoms with E-state index in [1.807, 2.05) is 29.2 Å². The van der Waals surface area contributed by atoms with Crippen molar-refractivity contribution in [2.45, 2.75) is 38.6 Å². The Bertz CT molecular complexity index is 948. The lowest BCUT2D eigenvalue weighted by atomic mass is 9.13. The molecule has 31 heavy (non-hydrogen) atoms. The Hall–Kier alpha value is -2.39. The molecule has 1 aromatic rings. The fourth-order valence-corrected chi connectivity index (χ4v) is 8.27. The van der Waals surface area contributed by atoms with Gasteiger partial charge in [-0.2, -0.15) is 5.26 Å². The van der Waals surface area contributed by atoms with Gasteiger partial charge < -0.3 is 10.2 Å². The monoisotopic (exact) mass is 418 g/mol. The summed E-state index contributed by atoms with van der Waals surface area (Å²) in [5.74, 6) is 2.85. The number of hydrogen-bond acceptors (Lipinski definition) is 4. The molecule has 4 aliphatic carbocycles. The number of carbonyl (C=O) groups is 2. The fourth-order valence-electron chi connectivity index (χ4n) is 8.27. The summed E-state index contributed by atoms with van der Waals surface area (Å²) in [5, 5.41) is 12.0. The molecule has 5 aliphatic rings. The summed E-state index contributed by atoms with van der Waals surface area (Å²) in [7, 11) is 0. The first kappa shape index (κ1) is 19.3. The Morgan fingerprint density at radius 3 is 2.48 bits per heavy atom. The van der Waals surface area contributed by atoms with Gasteiger partial charge in [0.05, 0.1) is 18.2 Å². The van der Waals surface area contributed by atoms with Crippen LogP contribution in [0.15, 0.2) is 24.3 Å². The molecule has 6 rings (SSSR count). The summed E-state index contributed by atoms with van der Waals surface area (Å²) < 4.78 is 0. The number of nitriles is 1. The second-order valence-electron chi connectivity index (χ2n) is 10.6. The van der Waals surface area contributed by atoms with Crippen LogP contribution in [-0.2, 0) is 16.1 Å². The first-order chi connectivity index (χ1) is 15.0. The molecule has 6 heteroatoms. The van der Waals surface area contributed by atoms with E-state index in [0.29, 0.717) is 35.9 Å². The highest BCUT2D eigenvalue weighted by atomic mass is 16.2. The molecule has 6 nitrogen and oxygen atoms in total. The Kier molecular flexibility index (Phi) is 4.24. The van der Waals surface area contributed by atoms with Crippen LogP contribution in [0.4, 0.5) is 0 Å². The molecule has 5 fully saturated rings. The Morgan fingerprint density at radius 1 is 1.10 bits per heavy atom. The number of nitrogens with zero attached hydrogens (tertiary/aromatic N) is 3. The quantitative estimate of drug-likeness (QED) is 0.768. The predicted octanol–water partition coefficient (Wildman–Crippen LogP) is 2.14. The summed E-state index contributed by atoms with van der Waals surface area (Å²) in [4.78, 5) is 29.4. The average molecular weight is 419 g/mol. The van der Waals surface area contributed by atoms with E-state index in [1.165, 1.54) is 25.7 Å². The maximum absolute atomic E-state index is 12.6. The summed E-state index contributed by atoms with van der Waals surface area (Å²) in [6, 6.07) is 9.88. The molecule has 4 saturated carbocycles. The van der Waals surface area contributed by atoms with Crippen LogP contribution >= 0.6 is 0 Å². The van der Waals surface area contributed by atoms with Gasteiger partial charge in [0.2, 0.25) is 11.8 Å². The third-order valence-corrected chi connectivity index (χ3v) is 9.48. The Morgan fingerprint density at radius 2 is 1.84 bits per heavy atom. The van der Waals surface area contributed by atoms with Crippen molar-refractivity contribution >= 4 is 11.8 Å². The largest absolute Gasteiger partial charge is 0.347 e. The van der Waals surface area contributed by atoms with E-state index in [0.717, 1.165) is 43.0 Å². The number of rotatable bonds is 6. The van der Waals surface area contributed by atoms with Gasteiger partial charge in [-0.15, -0.1) is 0 Å². The van der Waals surface area contributed by atoms with E-state index in [-0.39, 0.29) is 18.4 Å². The van der Waals surface area contributed by atoms with Gasteiger partial charge in [0.25, 0.3) is 0 Å². The van der Waals surface area contributed by atoms with Gasteiger partial charge in [-0.3, -0.25) is 14.5 Å². The molecule has 162 valence electrons. The van der Waals surface area contributed by atoms with Crippen LogP contribution in [0.3, 0.4) is 0 Å². The molecule has 2 atom stereocenters. The molecular weight excluding hydrogens is 388 g/mol. The van der Waals surface area contributed by atoms with Gasteiger partial charge in [0, 0.05) is 39.1 Å². The van der Waals surface area contributed by atoms with Crippen molar-refractivity contribution in [2.75, 3.05) is 32.7 Å². The highest BCUT2D eigenvalue weighted by molar-refractivity contribution is 5.85. The molecule has 0 bridgehead atoms. The number of amides is 2. The minimum atomic E-state index is 0.0262. The van der Waals surface area contributed by atoms with Crippen molar-refractivity contribution in [3.63, 3.8) is 0 Å². The molecule has 1 spiro atoms. The molecule has 2 amide bonds. The van der Waals surface area contributed by atoms with Gasteiger partial charge in [-0.1, -0.05) is 12.1 Å². The zero-order chi connectivity index (χ0) is 21.2. The number of piperazine rings is 1. The van der Waals surface area contributed by atoms with Crippen molar-refractivity contribution in [1.82, 2.24) is 15.1 Å². The van der Waals surface area contributed by atoms with E-state index in [2.05, 4.69) is 16.3 Å². The van der Waals surface area contributed by atoms with Crippen molar-refractivity contribution < 1.29 is 9.59 Å². The Balaban J connectivity index is 0.943. The first-order valence-electron chi connectivity index (χ1n) is 11.8. The van der Waals surface area contributed by atoms with Gasteiger partial charge >= 0.3 is 0 Å². The van der Waals surface area contributed by atoms with Crippen LogP contribution in [-0.4, -0.2) is 54.3 Å². The highest BCUT2D eigenvalue weighted by Gasteiger charge is 2.87. The molecule has 0 radical (unpaired) electrons. The lowest BCUT2D eigenvalue weighted by molar-refractivity contribution is -0.430. The SMILES string of the molecule is N#Cc1cccc(CN2CCN(C(=O)CNC(=O)CC34CC5CC6CC(C3)C654)CC2)c1. The van der Waals surface area contributed by atoms with Gasteiger partial charge in [-0.25, -0.2) is 0 Å². The van der Waals surface area contributed by atoms with Crippen LogP contribution in [0.2, 0.25) is 0 Å². The lowest BCUT2D eigenvalue weighted by Gasteiger charge is -2.91. The molecule has 0 aromatic heterocycles. The van der Waals surface area contributed by atoms with Crippen LogP contribution < -0.4 is 5.32 Å². The highest BCUT2D eigenvalue weighted by Crippen LogP contribution is 2.93. The standard InChI is InChI=1S/C25H30N4O2/c26-14-17-2-1-3-18(8-17)16-28-4-6-29(7-5-28)23(31)15-27-22(30)13-24-11-20-9-19-10-21(12-24)25(19,20)24/h1-3,8,19-21H,4-7,9-13,15-16H2,(H,27,30). The number of benzene rings is 1. The smallest absolute Gasteiger partial charge is 0.242 e. The van der Waals surface area contributed by atoms with E-state index < -0.39 is 0 Å². The van der Waals surface area contributed by atoms with Crippen LogP contribution in [0, 0.1) is 39.9 Å². The van der Waals surface area contributed by atoms with Crippen LogP contribution in [0.5, 0.6) is 0 Å². The predicted molar refractivity (Wildman–Crippen MR) is 114 cm³/mol. The fraction of sp³-hybridized carbons (Fsp3) is 0.640. The second kappa shape index (κ2) is 6.80. The topological polar surface area (TPSA) is 76.4 Å². The summed E-state index contributed by atoms with van der Waals surface area (Å²) in [6.45, 7) is 3.91. The van der Waals surface area contributed by atoms with E-state index in [4.69, 9.17) is 5.26 Å². The third-order valence-electron chi connectivity index (χ3n) is 9.48. The third kappa shape index (κ3) is 2.65. The first-order valence-corrected chi connectivity index (χ1v) is 11.8. The van der Waals surface area contributed by atoms with E-state index in [1.54, 1.807) is 0 Å². The maximum atomic E-state index is 12.6.